The number of rotatable bonds is 1. The van der Waals surface area contributed by atoms with Gasteiger partial charge < -0.3 is 5.73 Å². The minimum Gasteiger partial charge on any atom is -0.381 e. The summed E-state index contributed by atoms with van der Waals surface area (Å²) < 4.78 is 1.68. The number of benzene rings is 1. The molecule has 84 valence electrons. The highest BCUT2D eigenvalue weighted by Crippen LogP contribution is 2.17. The van der Waals surface area contributed by atoms with Gasteiger partial charge in [-0.2, -0.15) is 0 Å². The van der Waals surface area contributed by atoms with E-state index in [4.69, 9.17) is 5.73 Å². The van der Waals surface area contributed by atoms with E-state index in [-0.39, 0.29) is 0 Å². The van der Waals surface area contributed by atoms with Gasteiger partial charge in [0, 0.05) is 12.4 Å². The number of anilines is 1. The van der Waals surface area contributed by atoms with Crippen molar-refractivity contribution < 1.29 is 0 Å². The van der Waals surface area contributed by atoms with E-state index in [1.54, 1.807) is 17.1 Å². The zero-order chi connectivity index (χ0) is 11.8. The van der Waals surface area contributed by atoms with Gasteiger partial charge in [0.25, 0.3) is 0 Å². The summed E-state index contributed by atoms with van der Waals surface area (Å²) >= 11 is 0. The molecule has 2 N–H and O–H groups in total. The third kappa shape index (κ3) is 1.50. The monoisotopic (exact) mass is 226 g/mol. The number of hydrogen-bond acceptors (Lipinski definition) is 5. The molecule has 1 aromatic carbocycles. The van der Waals surface area contributed by atoms with E-state index in [1.165, 1.54) is 0 Å². The second kappa shape index (κ2) is 3.51. The molecule has 0 atom stereocenters. The lowest BCUT2D eigenvalue weighted by molar-refractivity contribution is 0.786. The van der Waals surface area contributed by atoms with Crippen molar-refractivity contribution in [1.29, 1.82) is 0 Å². The van der Waals surface area contributed by atoms with Gasteiger partial charge in [0.15, 0.2) is 5.82 Å². The second-order valence-corrected chi connectivity index (χ2v) is 3.70. The Morgan fingerprint density at radius 3 is 2.59 bits per heavy atom. The van der Waals surface area contributed by atoms with Crippen molar-refractivity contribution in [2.75, 3.05) is 5.73 Å². The van der Waals surface area contributed by atoms with E-state index in [0.29, 0.717) is 5.82 Å². The summed E-state index contributed by atoms with van der Waals surface area (Å²) in [6.45, 7) is 1.87. The molecule has 0 fully saturated rings. The maximum absolute atomic E-state index is 5.67. The molecule has 0 saturated carbocycles. The van der Waals surface area contributed by atoms with E-state index in [0.717, 1.165) is 22.4 Å². The predicted octanol–water partition coefficient (Wildman–Crippen LogP) is 1.10. The minimum atomic E-state index is 0.434. The Kier molecular flexibility index (Phi) is 2.01. The normalized spacial score (nSPS) is 10.9. The van der Waals surface area contributed by atoms with Crippen molar-refractivity contribution in [1.82, 2.24) is 25.0 Å². The summed E-state index contributed by atoms with van der Waals surface area (Å²) in [5, 5.41) is 7.81. The summed E-state index contributed by atoms with van der Waals surface area (Å²) in [7, 11) is 0. The quantitative estimate of drug-likeness (QED) is 0.671. The highest BCUT2D eigenvalue weighted by atomic mass is 15.4. The van der Waals surface area contributed by atoms with Crippen LogP contribution in [0.2, 0.25) is 0 Å². The fraction of sp³-hybridized carbons (Fsp3) is 0.0909. The molecule has 0 aliphatic carbocycles. The zero-order valence-corrected chi connectivity index (χ0v) is 9.20. The molecule has 3 aromatic rings. The highest BCUT2D eigenvalue weighted by molar-refractivity contribution is 5.76. The molecule has 0 aliphatic rings. The Bertz CT molecular complexity index is 687. The summed E-state index contributed by atoms with van der Waals surface area (Å²) in [6, 6.07) is 5.72. The van der Waals surface area contributed by atoms with Crippen LogP contribution in [-0.2, 0) is 0 Å². The molecule has 0 spiro atoms. The molecule has 3 rings (SSSR count). The molecule has 2 aromatic heterocycles. The van der Waals surface area contributed by atoms with E-state index in [9.17, 15) is 0 Å². The first-order valence-electron chi connectivity index (χ1n) is 5.14. The van der Waals surface area contributed by atoms with Crippen molar-refractivity contribution in [3.63, 3.8) is 0 Å². The van der Waals surface area contributed by atoms with Gasteiger partial charge in [0.1, 0.15) is 0 Å². The second-order valence-electron chi connectivity index (χ2n) is 3.70. The maximum Gasteiger partial charge on any atom is 0.169 e. The first-order chi connectivity index (χ1) is 8.25. The van der Waals surface area contributed by atoms with Crippen LogP contribution in [-0.4, -0.2) is 25.0 Å². The van der Waals surface area contributed by atoms with Gasteiger partial charge in [-0.05, 0) is 25.1 Å². The standard InChI is InChI=1S/C11H10N6/c1-7-11(12)15-16-17(7)8-2-3-9-10(6-8)14-5-4-13-9/h2-6H,12H2,1H3. The number of fused-ring (bicyclic) bond motifs is 1. The number of nitrogens with two attached hydrogens (primary N) is 1. The van der Waals surface area contributed by atoms with Crippen LogP contribution in [0, 0.1) is 6.92 Å². The largest absolute Gasteiger partial charge is 0.381 e. The van der Waals surface area contributed by atoms with Crippen LogP contribution in [0.1, 0.15) is 5.69 Å². The van der Waals surface area contributed by atoms with Crippen molar-refractivity contribution in [3.05, 3.63) is 36.3 Å². The van der Waals surface area contributed by atoms with Crippen LogP contribution in [0.4, 0.5) is 5.82 Å². The zero-order valence-electron chi connectivity index (χ0n) is 9.20. The minimum absolute atomic E-state index is 0.434. The third-order valence-electron chi connectivity index (χ3n) is 2.63. The lowest BCUT2D eigenvalue weighted by Gasteiger charge is -2.03. The van der Waals surface area contributed by atoms with Crippen molar-refractivity contribution in [2.45, 2.75) is 6.92 Å². The average molecular weight is 226 g/mol. The van der Waals surface area contributed by atoms with Crippen LogP contribution >= 0.6 is 0 Å². The lowest BCUT2D eigenvalue weighted by atomic mass is 10.2. The fourth-order valence-electron chi connectivity index (χ4n) is 1.67. The van der Waals surface area contributed by atoms with Gasteiger partial charge in [0.05, 0.1) is 22.4 Å². The van der Waals surface area contributed by atoms with Crippen LogP contribution in [0.15, 0.2) is 30.6 Å². The van der Waals surface area contributed by atoms with Crippen molar-refractivity contribution >= 4 is 16.9 Å². The van der Waals surface area contributed by atoms with Crippen LogP contribution in [0.5, 0.6) is 0 Å². The van der Waals surface area contributed by atoms with E-state index < -0.39 is 0 Å². The number of nitrogens with zero attached hydrogens (tertiary/aromatic N) is 5. The van der Waals surface area contributed by atoms with Crippen LogP contribution in [0.25, 0.3) is 16.7 Å². The van der Waals surface area contributed by atoms with Gasteiger partial charge in [0.2, 0.25) is 0 Å². The molecule has 6 heteroatoms. The van der Waals surface area contributed by atoms with Gasteiger partial charge >= 0.3 is 0 Å². The predicted molar refractivity (Wildman–Crippen MR) is 63.6 cm³/mol. The molecule has 6 nitrogen and oxygen atoms in total. The van der Waals surface area contributed by atoms with E-state index in [1.807, 2.05) is 25.1 Å². The highest BCUT2D eigenvalue weighted by Gasteiger charge is 2.07. The summed E-state index contributed by atoms with van der Waals surface area (Å²) in [5.74, 6) is 0.434. The fourth-order valence-corrected chi connectivity index (χ4v) is 1.67. The smallest absolute Gasteiger partial charge is 0.169 e. The van der Waals surface area contributed by atoms with E-state index >= 15 is 0 Å². The Morgan fingerprint density at radius 2 is 1.88 bits per heavy atom. The topological polar surface area (TPSA) is 82.5 Å². The molecule has 0 radical (unpaired) electrons. The van der Waals surface area contributed by atoms with Gasteiger partial charge in [-0.25, -0.2) is 4.68 Å². The van der Waals surface area contributed by atoms with Gasteiger partial charge in [-0.15, -0.1) is 5.10 Å². The van der Waals surface area contributed by atoms with Crippen molar-refractivity contribution in [2.24, 2.45) is 0 Å². The molecule has 0 amide bonds. The SMILES string of the molecule is Cc1c(N)nnn1-c1ccc2nccnc2c1. The van der Waals surface area contributed by atoms with Gasteiger partial charge in [-0.1, -0.05) is 5.21 Å². The molecular weight excluding hydrogens is 216 g/mol. The number of hydrogen-bond donors (Lipinski definition) is 1. The Labute approximate surface area is 97.1 Å². The van der Waals surface area contributed by atoms with Crippen molar-refractivity contribution in [3.8, 4) is 5.69 Å². The summed E-state index contributed by atoms with van der Waals surface area (Å²) in [4.78, 5) is 8.46. The lowest BCUT2D eigenvalue weighted by Crippen LogP contribution is -2.00. The first kappa shape index (κ1) is 9.71. The molecule has 0 unspecified atom stereocenters. The average Bonchev–Trinajstić information content (AvgIpc) is 2.70. The Balaban J connectivity index is 2.21. The molecule has 17 heavy (non-hydrogen) atoms. The van der Waals surface area contributed by atoms with Gasteiger partial charge in [-0.3, -0.25) is 9.97 Å². The molecule has 0 saturated heterocycles. The van der Waals surface area contributed by atoms with Crippen LogP contribution < -0.4 is 5.73 Å². The first-order valence-corrected chi connectivity index (χ1v) is 5.14. The van der Waals surface area contributed by atoms with E-state index in [2.05, 4.69) is 20.3 Å². The molecule has 0 bridgehead atoms. The maximum atomic E-state index is 5.67. The number of nitrogen functional groups attached to an aromatic ring is 1. The molecular formula is C11H10N6. The van der Waals surface area contributed by atoms with Crippen LogP contribution in [0.3, 0.4) is 0 Å². The Morgan fingerprint density at radius 1 is 1.12 bits per heavy atom. The summed E-state index contributed by atoms with van der Waals surface area (Å²) in [5.41, 5.74) is 9.02. The number of aromatic nitrogens is 5. The molecule has 2 heterocycles. The third-order valence-corrected chi connectivity index (χ3v) is 2.63. The molecule has 0 aliphatic heterocycles. The summed E-state index contributed by atoms with van der Waals surface area (Å²) in [6.07, 6.45) is 3.33. The Hall–Kier alpha value is -2.50.